The van der Waals surface area contributed by atoms with Crippen LogP contribution in [-0.2, 0) is 11.3 Å². The van der Waals surface area contributed by atoms with Crippen LogP contribution in [0.3, 0.4) is 0 Å². The number of amides is 1. The summed E-state index contributed by atoms with van der Waals surface area (Å²) in [6.45, 7) is 2.68. The second-order valence-electron chi connectivity index (χ2n) is 6.36. The average molecular weight is 357 g/mol. The number of hydrogen-bond donors (Lipinski definition) is 2. The zero-order valence-corrected chi connectivity index (χ0v) is 14.4. The molecule has 1 aromatic heterocycles. The Morgan fingerprint density at radius 3 is 2.88 bits per heavy atom. The minimum atomic E-state index is -1.03. The van der Waals surface area contributed by atoms with Gasteiger partial charge in [0.15, 0.2) is 0 Å². The summed E-state index contributed by atoms with van der Waals surface area (Å²) < 4.78 is 14.1. The number of benzene rings is 1. The van der Waals surface area contributed by atoms with Gasteiger partial charge in [-0.2, -0.15) is 0 Å². The molecule has 1 aliphatic rings. The number of anilines is 1. The van der Waals surface area contributed by atoms with Crippen LogP contribution in [0.15, 0.2) is 36.5 Å². The molecule has 6 nitrogen and oxygen atoms in total. The molecule has 2 aromatic rings. The highest BCUT2D eigenvalue weighted by atomic mass is 19.1. The van der Waals surface area contributed by atoms with E-state index < -0.39 is 17.8 Å². The number of nitrogens with zero attached hydrogens (tertiary/aromatic N) is 2. The highest BCUT2D eigenvalue weighted by molar-refractivity contribution is 5.98. The van der Waals surface area contributed by atoms with Gasteiger partial charge in [-0.05, 0) is 49.6 Å². The molecule has 0 bridgehead atoms. The number of carbonyl (C=O) groups excluding carboxylic acids is 1. The Bertz CT molecular complexity index is 823. The van der Waals surface area contributed by atoms with E-state index in [1.807, 2.05) is 6.92 Å². The van der Waals surface area contributed by atoms with Crippen molar-refractivity contribution in [1.82, 2.24) is 10.3 Å². The van der Waals surface area contributed by atoms with E-state index in [1.54, 1.807) is 18.2 Å². The highest BCUT2D eigenvalue weighted by Crippen LogP contribution is 2.25. The van der Waals surface area contributed by atoms with E-state index in [2.05, 4.69) is 10.3 Å². The number of piperidine rings is 1. The van der Waals surface area contributed by atoms with E-state index >= 15 is 0 Å². The summed E-state index contributed by atoms with van der Waals surface area (Å²) in [6.07, 6.45) is 2.72. The fraction of sp³-hybridized carbons (Fsp3) is 0.316. The lowest BCUT2D eigenvalue weighted by Crippen LogP contribution is -2.51. The number of nitrogens with one attached hydrogen (secondary N) is 1. The maximum Gasteiger partial charge on any atom is 0.337 e. The van der Waals surface area contributed by atoms with Gasteiger partial charge in [0.2, 0.25) is 5.91 Å². The minimum Gasteiger partial charge on any atom is -0.478 e. The van der Waals surface area contributed by atoms with Gasteiger partial charge in [-0.1, -0.05) is 6.07 Å². The average Bonchev–Trinajstić information content (AvgIpc) is 2.63. The van der Waals surface area contributed by atoms with Crippen LogP contribution in [0.2, 0.25) is 0 Å². The van der Waals surface area contributed by atoms with Gasteiger partial charge < -0.3 is 15.3 Å². The van der Waals surface area contributed by atoms with Crippen LogP contribution in [0, 0.1) is 12.7 Å². The van der Waals surface area contributed by atoms with Crippen LogP contribution in [0.25, 0.3) is 0 Å². The third-order valence-corrected chi connectivity index (χ3v) is 4.43. The number of halogens is 1. The largest absolute Gasteiger partial charge is 0.478 e. The first-order chi connectivity index (χ1) is 12.5. The molecule has 7 heteroatoms. The number of carbonyl (C=O) groups is 2. The molecule has 2 heterocycles. The summed E-state index contributed by atoms with van der Waals surface area (Å²) in [6, 6.07) is 7.40. The van der Waals surface area contributed by atoms with Crippen LogP contribution in [0.1, 0.15) is 34.5 Å². The van der Waals surface area contributed by atoms with E-state index in [9.17, 15) is 14.0 Å². The lowest BCUT2D eigenvalue weighted by atomic mass is 10.0. The fourth-order valence-electron chi connectivity index (χ4n) is 3.02. The Morgan fingerprint density at radius 2 is 2.19 bits per heavy atom. The molecule has 0 aliphatic carbocycles. The molecule has 0 saturated carbocycles. The van der Waals surface area contributed by atoms with E-state index in [4.69, 9.17) is 5.11 Å². The number of pyridine rings is 1. The summed E-state index contributed by atoms with van der Waals surface area (Å²) in [5.41, 5.74) is 1.96. The topological polar surface area (TPSA) is 82.5 Å². The zero-order valence-electron chi connectivity index (χ0n) is 14.4. The summed E-state index contributed by atoms with van der Waals surface area (Å²) in [5.74, 6) is -1.60. The number of aryl methyl sites for hydroxylation is 1. The van der Waals surface area contributed by atoms with Crippen molar-refractivity contribution in [3.8, 4) is 0 Å². The number of carboxylic acid groups (broad SMARTS) is 1. The van der Waals surface area contributed by atoms with Crippen LogP contribution < -0.4 is 10.2 Å². The smallest absolute Gasteiger partial charge is 0.337 e. The quantitative estimate of drug-likeness (QED) is 0.859. The Morgan fingerprint density at radius 1 is 1.38 bits per heavy atom. The zero-order chi connectivity index (χ0) is 18.7. The molecule has 3 rings (SSSR count). The Hall–Kier alpha value is -2.80. The fourth-order valence-corrected chi connectivity index (χ4v) is 3.02. The molecule has 1 aromatic carbocycles. The van der Waals surface area contributed by atoms with Crippen molar-refractivity contribution in [2.75, 3.05) is 11.4 Å². The van der Waals surface area contributed by atoms with E-state index in [1.165, 1.54) is 23.2 Å². The lowest BCUT2D eigenvalue weighted by molar-refractivity contribution is -0.121. The number of hydrogen-bond acceptors (Lipinski definition) is 4. The number of aromatic carboxylic acids is 1. The molecule has 1 amide bonds. The normalized spacial score (nSPS) is 17.4. The lowest BCUT2D eigenvalue weighted by Gasteiger charge is -2.33. The van der Waals surface area contributed by atoms with Crippen LogP contribution in [-0.4, -0.2) is 34.6 Å². The van der Waals surface area contributed by atoms with Crippen LogP contribution in [0.4, 0.5) is 10.1 Å². The van der Waals surface area contributed by atoms with Crippen molar-refractivity contribution < 1.29 is 19.1 Å². The molecular formula is C19H20FN3O3. The Labute approximate surface area is 150 Å². The molecular weight excluding hydrogens is 337 g/mol. The van der Waals surface area contributed by atoms with Gasteiger partial charge in [0.1, 0.15) is 5.82 Å². The highest BCUT2D eigenvalue weighted by Gasteiger charge is 2.30. The third-order valence-electron chi connectivity index (χ3n) is 4.43. The first-order valence-corrected chi connectivity index (χ1v) is 8.45. The van der Waals surface area contributed by atoms with Gasteiger partial charge >= 0.3 is 5.97 Å². The summed E-state index contributed by atoms with van der Waals surface area (Å²) >= 11 is 0. The molecule has 0 radical (unpaired) electrons. The minimum absolute atomic E-state index is 0.114. The molecule has 26 heavy (non-hydrogen) atoms. The van der Waals surface area contributed by atoms with E-state index in [0.29, 0.717) is 30.9 Å². The first kappa shape index (κ1) is 18.0. The second kappa shape index (κ2) is 7.61. The monoisotopic (exact) mass is 357 g/mol. The van der Waals surface area contributed by atoms with Gasteiger partial charge in [-0.15, -0.1) is 0 Å². The predicted octanol–water partition coefficient (Wildman–Crippen LogP) is 2.51. The van der Waals surface area contributed by atoms with E-state index in [-0.39, 0.29) is 11.5 Å². The predicted molar refractivity (Wildman–Crippen MR) is 94.5 cm³/mol. The molecule has 1 unspecified atom stereocenters. The summed E-state index contributed by atoms with van der Waals surface area (Å²) in [4.78, 5) is 29.2. The van der Waals surface area contributed by atoms with Gasteiger partial charge in [0.05, 0.1) is 23.0 Å². The molecule has 1 aliphatic heterocycles. The second-order valence-corrected chi connectivity index (χ2v) is 6.36. The summed E-state index contributed by atoms with van der Waals surface area (Å²) in [7, 11) is 0. The van der Waals surface area contributed by atoms with Crippen LogP contribution >= 0.6 is 0 Å². The third kappa shape index (κ3) is 3.88. The van der Waals surface area contributed by atoms with Crippen molar-refractivity contribution in [1.29, 1.82) is 0 Å². The Kier molecular flexibility index (Phi) is 5.27. The van der Waals surface area contributed by atoms with Crippen molar-refractivity contribution in [3.63, 3.8) is 0 Å². The maximum atomic E-state index is 14.1. The van der Waals surface area contributed by atoms with E-state index in [0.717, 1.165) is 12.0 Å². The van der Waals surface area contributed by atoms with Crippen molar-refractivity contribution >= 4 is 17.6 Å². The maximum absolute atomic E-state index is 14.1. The van der Waals surface area contributed by atoms with Gasteiger partial charge in [0.25, 0.3) is 0 Å². The number of rotatable bonds is 5. The van der Waals surface area contributed by atoms with Gasteiger partial charge in [-0.3, -0.25) is 9.78 Å². The van der Waals surface area contributed by atoms with Crippen molar-refractivity contribution in [2.45, 2.75) is 32.4 Å². The molecule has 1 saturated heterocycles. The van der Waals surface area contributed by atoms with Crippen molar-refractivity contribution in [3.05, 3.63) is 59.2 Å². The Balaban J connectivity index is 1.68. The SMILES string of the molecule is Cc1ccc(F)c(N2CCCC(NCc3ccc(C(=O)O)cn3)C2=O)c1. The number of aromatic nitrogens is 1. The molecule has 1 atom stereocenters. The first-order valence-electron chi connectivity index (χ1n) is 8.45. The number of carboxylic acids is 1. The van der Waals surface area contributed by atoms with Crippen molar-refractivity contribution in [2.24, 2.45) is 0 Å². The molecule has 136 valence electrons. The van der Waals surface area contributed by atoms with Crippen LogP contribution in [0.5, 0.6) is 0 Å². The van der Waals surface area contributed by atoms with Gasteiger partial charge in [0, 0.05) is 19.3 Å². The molecule has 2 N–H and O–H groups in total. The molecule has 0 spiro atoms. The standard InChI is InChI=1S/C19H20FN3O3/c1-12-4-7-15(20)17(9-12)23-8-2-3-16(18(23)24)22-11-14-6-5-13(10-21-14)19(25)26/h4-7,9-10,16,22H,2-3,8,11H2,1H3,(H,25,26). The summed E-state index contributed by atoms with van der Waals surface area (Å²) in [5, 5.41) is 12.0. The van der Waals surface area contributed by atoms with Gasteiger partial charge in [-0.25, -0.2) is 9.18 Å². The molecule has 1 fully saturated rings.